The van der Waals surface area contributed by atoms with E-state index in [1.807, 2.05) is 25.1 Å². The van der Waals surface area contributed by atoms with E-state index in [2.05, 4.69) is 19.1 Å². The lowest BCUT2D eigenvalue weighted by molar-refractivity contribution is -0.120. The zero-order chi connectivity index (χ0) is 9.84. The van der Waals surface area contributed by atoms with Gasteiger partial charge in [0.25, 0.3) is 0 Å². The highest BCUT2D eigenvalue weighted by atomic mass is 16.1. The molecule has 0 fully saturated rings. The molecule has 1 unspecified atom stereocenters. The number of hydrogen-bond acceptors (Lipinski definition) is 1. The summed E-state index contributed by atoms with van der Waals surface area (Å²) in [6.45, 7) is 5.74. The summed E-state index contributed by atoms with van der Waals surface area (Å²) in [5, 5.41) is 0. The molecule has 0 aliphatic heterocycles. The van der Waals surface area contributed by atoms with Crippen LogP contribution in [0.4, 0.5) is 0 Å². The van der Waals surface area contributed by atoms with E-state index >= 15 is 0 Å². The first kappa shape index (κ1) is 9.97. The minimum atomic E-state index is 0.113. The number of Topliss-reactive ketones (excluding diaryl/α,β-unsaturated/α-hetero) is 1. The fourth-order valence-corrected chi connectivity index (χ4v) is 1.40. The third kappa shape index (κ3) is 2.41. The maximum Gasteiger partial charge on any atom is 0.133 e. The second-order valence-corrected chi connectivity index (χ2v) is 3.60. The van der Waals surface area contributed by atoms with E-state index in [-0.39, 0.29) is 11.7 Å². The van der Waals surface area contributed by atoms with Gasteiger partial charge in [0.1, 0.15) is 5.78 Å². The van der Waals surface area contributed by atoms with Gasteiger partial charge in [0, 0.05) is 5.92 Å². The van der Waals surface area contributed by atoms with Crippen LogP contribution < -0.4 is 0 Å². The quantitative estimate of drug-likeness (QED) is 0.692. The number of carbonyl (C=O) groups excluding carboxylic acids is 1. The Hall–Kier alpha value is -1.11. The Bertz CT molecular complexity index is 276. The molecule has 2 atom stereocenters. The van der Waals surface area contributed by atoms with Gasteiger partial charge in [-0.25, -0.2) is 0 Å². The summed E-state index contributed by atoms with van der Waals surface area (Å²) in [6.07, 6.45) is 0. The predicted octanol–water partition coefficient (Wildman–Crippen LogP) is 3.02. The molecule has 0 radical (unpaired) electrons. The van der Waals surface area contributed by atoms with Crippen LogP contribution in [0.3, 0.4) is 0 Å². The number of rotatable bonds is 3. The van der Waals surface area contributed by atoms with E-state index in [1.165, 1.54) is 5.56 Å². The maximum absolute atomic E-state index is 11.2. The van der Waals surface area contributed by atoms with E-state index in [9.17, 15) is 4.79 Å². The van der Waals surface area contributed by atoms with Gasteiger partial charge in [-0.05, 0) is 18.4 Å². The Morgan fingerprint density at radius 1 is 1.15 bits per heavy atom. The van der Waals surface area contributed by atoms with Crippen molar-refractivity contribution in [3.05, 3.63) is 35.9 Å². The Kier molecular flexibility index (Phi) is 3.24. The van der Waals surface area contributed by atoms with E-state index in [1.54, 1.807) is 6.92 Å². The molecule has 1 aromatic carbocycles. The number of hydrogen-bond donors (Lipinski definition) is 0. The number of benzene rings is 1. The van der Waals surface area contributed by atoms with Crippen molar-refractivity contribution in [1.82, 2.24) is 0 Å². The van der Waals surface area contributed by atoms with E-state index in [4.69, 9.17) is 0 Å². The van der Waals surface area contributed by atoms with Crippen LogP contribution in [-0.2, 0) is 4.79 Å². The molecule has 0 saturated carbocycles. The van der Waals surface area contributed by atoms with Gasteiger partial charge in [0.05, 0.1) is 0 Å². The highest BCUT2D eigenvalue weighted by Crippen LogP contribution is 2.23. The SMILES string of the molecule is CC(=O)[C@@H](C)C(C)c1ccccc1. The summed E-state index contributed by atoms with van der Waals surface area (Å²) in [5.41, 5.74) is 1.24. The Labute approximate surface area is 79.8 Å². The second kappa shape index (κ2) is 4.22. The summed E-state index contributed by atoms with van der Waals surface area (Å²) in [6, 6.07) is 10.2. The van der Waals surface area contributed by atoms with Gasteiger partial charge in [0.15, 0.2) is 0 Å². The molecule has 0 saturated heterocycles. The fraction of sp³-hybridized carbons (Fsp3) is 0.417. The molecule has 0 spiro atoms. The van der Waals surface area contributed by atoms with Gasteiger partial charge in [0.2, 0.25) is 0 Å². The van der Waals surface area contributed by atoms with Gasteiger partial charge in [-0.2, -0.15) is 0 Å². The van der Waals surface area contributed by atoms with E-state index in [0.717, 1.165) is 0 Å². The normalized spacial score (nSPS) is 15.0. The highest BCUT2D eigenvalue weighted by molar-refractivity contribution is 5.78. The standard InChI is InChI=1S/C12H16O/c1-9(11(3)13)10(2)12-7-5-4-6-8-12/h4-10H,1-3H3/t9-,10?/m0/s1. The Balaban J connectivity index is 2.79. The zero-order valence-corrected chi connectivity index (χ0v) is 8.45. The van der Waals surface area contributed by atoms with Crippen LogP contribution in [0.5, 0.6) is 0 Å². The molecule has 0 N–H and O–H groups in total. The van der Waals surface area contributed by atoms with Crippen LogP contribution in [0.2, 0.25) is 0 Å². The van der Waals surface area contributed by atoms with Gasteiger partial charge in [-0.15, -0.1) is 0 Å². The van der Waals surface area contributed by atoms with E-state index < -0.39 is 0 Å². The van der Waals surface area contributed by atoms with Crippen LogP contribution in [0.15, 0.2) is 30.3 Å². The van der Waals surface area contributed by atoms with Crippen LogP contribution in [0.1, 0.15) is 32.3 Å². The molecule has 1 nitrogen and oxygen atoms in total. The van der Waals surface area contributed by atoms with Crippen LogP contribution in [0, 0.1) is 5.92 Å². The summed E-state index contributed by atoms with van der Waals surface area (Å²) in [4.78, 5) is 11.2. The van der Waals surface area contributed by atoms with Crippen molar-refractivity contribution in [1.29, 1.82) is 0 Å². The van der Waals surface area contributed by atoms with Crippen molar-refractivity contribution in [2.45, 2.75) is 26.7 Å². The van der Waals surface area contributed by atoms with Gasteiger partial charge in [-0.3, -0.25) is 4.79 Å². The van der Waals surface area contributed by atoms with Crippen LogP contribution in [-0.4, -0.2) is 5.78 Å². The van der Waals surface area contributed by atoms with E-state index in [0.29, 0.717) is 5.92 Å². The third-order valence-corrected chi connectivity index (χ3v) is 2.72. The molecule has 13 heavy (non-hydrogen) atoms. The first-order valence-corrected chi connectivity index (χ1v) is 4.68. The summed E-state index contributed by atoms with van der Waals surface area (Å²) < 4.78 is 0. The molecule has 1 aromatic rings. The molecule has 1 rings (SSSR count). The van der Waals surface area contributed by atoms with Gasteiger partial charge < -0.3 is 0 Å². The van der Waals surface area contributed by atoms with Gasteiger partial charge >= 0.3 is 0 Å². The van der Waals surface area contributed by atoms with Crippen LogP contribution in [0.25, 0.3) is 0 Å². The summed E-state index contributed by atoms with van der Waals surface area (Å²) in [7, 11) is 0. The van der Waals surface area contributed by atoms with Gasteiger partial charge in [-0.1, -0.05) is 44.2 Å². The second-order valence-electron chi connectivity index (χ2n) is 3.60. The minimum absolute atomic E-state index is 0.113. The maximum atomic E-state index is 11.2. The summed E-state index contributed by atoms with van der Waals surface area (Å²) >= 11 is 0. The first-order valence-electron chi connectivity index (χ1n) is 4.68. The Morgan fingerprint density at radius 3 is 2.15 bits per heavy atom. The van der Waals surface area contributed by atoms with Crippen molar-refractivity contribution < 1.29 is 4.79 Å². The largest absolute Gasteiger partial charge is 0.300 e. The molecule has 0 aliphatic carbocycles. The van der Waals surface area contributed by atoms with Crippen molar-refractivity contribution in [2.75, 3.05) is 0 Å². The average Bonchev–Trinajstić information content (AvgIpc) is 2.17. The minimum Gasteiger partial charge on any atom is -0.300 e. The molecule has 0 amide bonds. The topological polar surface area (TPSA) is 17.1 Å². The average molecular weight is 176 g/mol. The Morgan fingerprint density at radius 2 is 1.69 bits per heavy atom. The molecular formula is C12H16O. The van der Waals surface area contributed by atoms with Crippen molar-refractivity contribution in [3.63, 3.8) is 0 Å². The van der Waals surface area contributed by atoms with Crippen molar-refractivity contribution in [2.24, 2.45) is 5.92 Å². The number of carbonyl (C=O) groups is 1. The molecule has 0 bridgehead atoms. The molecule has 70 valence electrons. The first-order chi connectivity index (χ1) is 6.13. The fourth-order valence-electron chi connectivity index (χ4n) is 1.40. The monoisotopic (exact) mass is 176 g/mol. The highest BCUT2D eigenvalue weighted by Gasteiger charge is 2.17. The predicted molar refractivity (Wildman–Crippen MR) is 54.7 cm³/mol. The summed E-state index contributed by atoms with van der Waals surface area (Å²) in [5.74, 6) is 0.692. The lowest BCUT2D eigenvalue weighted by Gasteiger charge is -2.17. The molecular weight excluding hydrogens is 160 g/mol. The molecule has 1 heteroatoms. The molecule has 0 heterocycles. The lowest BCUT2D eigenvalue weighted by atomic mass is 9.87. The molecule has 0 aromatic heterocycles. The molecule has 0 aliphatic rings. The lowest BCUT2D eigenvalue weighted by Crippen LogP contribution is -2.14. The smallest absolute Gasteiger partial charge is 0.133 e. The van der Waals surface area contributed by atoms with Crippen LogP contribution >= 0.6 is 0 Å². The number of ketones is 1. The third-order valence-electron chi connectivity index (χ3n) is 2.72. The zero-order valence-electron chi connectivity index (χ0n) is 8.45. The van der Waals surface area contributed by atoms with Crippen molar-refractivity contribution in [3.8, 4) is 0 Å². The van der Waals surface area contributed by atoms with Crippen molar-refractivity contribution >= 4 is 5.78 Å².